The molecule has 6 heteroatoms. The fourth-order valence-electron chi connectivity index (χ4n) is 1.00. The average molecular weight is 176 g/mol. The van der Waals surface area contributed by atoms with E-state index in [1.807, 2.05) is 4.98 Å². The zero-order valence-electron chi connectivity index (χ0n) is 6.34. The van der Waals surface area contributed by atoms with Crippen LogP contribution in [0.4, 0.5) is 0 Å². The maximum atomic E-state index is 11.1. The third-order valence-corrected chi connectivity index (χ3v) is 1.53. The molecule has 0 atom stereocenters. The number of fused-ring (bicyclic) bond motifs is 1. The zero-order chi connectivity index (χ0) is 9.42. The monoisotopic (exact) mass is 176 g/mol. The van der Waals surface area contributed by atoms with Crippen LogP contribution >= 0.6 is 0 Å². The van der Waals surface area contributed by atoms with E-state index in [0.29, 0.717) is 0 Å². The van der Waals surface area contributed by atoms with Crippen LogP contribution in [-0.2, 0) is 0 Å². The Morgan fingerprint density at radius 1 is 1.23 bits per heavy atom. The predicted octanol–water partition coefficient (Wildman–Crippen LogP) is -1.08. The minimum Gasteiger partial charge on any atom is -0.325 e. The van der Waals surface area contributed by atoms with Gasteiger partial charge in [-0.25, -0.2) is 9.78 Å². The fraction of sp³-hybridized carbons (Fsp3) is 0. The lowest BCUT2D eigenvalue weighted by Crippen LogP contribution is -2.21. The van der Waals surface area contributed by atoms with Crippen molar-refractivity contribution in [1.29, 1.82) is 0 Å². The number of H-pyrrole nitrogens is 3. The number of hydrogen-bond acceptors (Lipinski definition) is 3. The Labute approximate surface area is 71.0 Å². The van der Waals surface area contributed by atoms with Crippen molar-refractivity contribution in [2.75, 3.05) is 0 Å². The van der Waals surface area contributed by atoms with Gasteiger partial charge < -0.3 is 4.98 Å². The van der Waals surface area contributed by atoms with Gasteiger partial charge in [0.2, 0.25) is 0 Å². The predicted molar refractivity (Wildman–Crippen MR) is 45.3 cm³/mol. The van der Waals surface area contributed by atoms with Crippen LogP contribution in [0.2, 0.25) is 0 Å². The summed E-state index contributed by atoms with van der Waals surface area (Å²) in [5, 5.41) is 0. The van der Waals surface area contributed by atoms with Crippen LogP contribution in [-0.4, -0.2) is 19.9 Å². The first-order chi connectivity index (χ1) is 6.20. The van der Waals surface area contributed by atoms with Gasteiger partial charge in [0.15, 0.2) is 11.5 Å². The van der Waals surface area contributed by atoms with Crippen LogP contribution in [0.5, 0.6) is 0 Å². The minimum absolute atomic E-state index is 0.168. The number of aromatic amines is 3. The summed E-state index contributed by atoms with van der Waals surface area (Å²) in [5.41, 5.74) is -0.797. The van der Waals surface area contributed by atoms with Crippen molar-refractivity contribution in [3.63, 3.8) is 0 Å². The van der Waals surface area contributed by atoms with Crippen LogP contribution in [0.25, 0.3) is 11.2 Å². The molecule has 0 aliphatic heterocycles. The van der Waals surface area contributed by atoms with E-state index >= 15 is 0 Å². The van der Waals surface area contributed by atoms with Gasteiger partial charge in [0.05, 0.1) is 0 Å². The van der Waals surface area contributed by atoms with Crippen LogP contribution in [0, 0.1) is 12.3 Å². The van der Waals surface area contributed by atoms with Crippen molar-refractivity contribution in [3.05, 3.63) is 26.7 Å². The molecule has 0 spiro atoms. The maximum Gasteiger partial charge on any atom is 0.327 e. The lowest BCUT2D eigenvalue weighted by Gasteiger charge is -1.83. The molecule has 2 heterocycles. The molecule has 0 radical (unpaired) electrons. The summed E-state index contributed by atoms with van der Waals surface area (Å²) in [6.07, 6.45) is 5.05. The van der Waals surface area contributed by atoms with E-state index in [2.05, 4.69) is 20.9 Å². The van der Waals surface area contributed by atoms with Gasteiger partial charge in [-0.05, 0) is 5.92 Å². The molecule has 64 valence electrons. The fourth-order valence-corrected chi connectivity index (χ4v) is 1.00. The summed E-state index contributed by atoms with van der Waals surface area (Å²) < 4.78 is 0. The van der Waals surface area contributed by atoms with Crippen molar-refractivity contribution < 1.29 is 0 Å². The largest absolute Gasteiger partial charge is 0.327 e. The van der Waals surface area contributed by atoms with Gasteiger partial charge in [-0.15, -0.1) is 6.42 Å². The lowest BCUT2D eigenvalue weighted by atomic mass is 10.5. The van der Waals surface area contributed by atoms with Gasteiger partial charge in [-0.2, -0.15) is 0 Å². The number of nitrogens with zero attached hydrogens (tertiary/aromatic N) is 1. The second kappa shape index (κ2) is 2.35. The summed E-state index contributed by atoms with van der Waals surface area (Å²) in [6, 6.07) is 0. The first kappa shape index (κ1) is 7.36. The molecule has 2 aromatic heterocycles. The van der Waals surface area contributed by atoms with E-state index in [9.17, 15) is 9.59 Å². The van der Waals surface area contributed by atoms with Crippen molar-refractivity contribution in [2.24, 2.45) is 0 Å². The van der Waals surface area contributed by atoms with E-state index in [0.717, 1.165) is 0 Å². The molecule has 2 rings (SSSR count). The van der Waals surface area contributed by atoms with E-state index < -0.39 is 11.2 Å². The number of hydrogen-bond donors (Lipinski definition) is 3. The Balaban J connectivity index is 3.01. The Morgan fingerprint density at radius 3 is 2.69 bits per heavy atom. The zero-order valence-corrected chi connectivity index (χ0v) is 6.34. The third-order valence-electron chi connectivity index (χ3n) is 1.53. The summed E-state index contributed by atoms with van der Waals surface area (Å²) >= 11 is 0. The molecule has 13 heavy (non-hydrogen) atoms. The summed E-state index contributed by atoms with van der Waals surface area (Å²) in [7, 11) is 0. The molecular formula is C7H4N4O2. The van der Waals surface area contributed by atoms with Gasteiger partial charge >= 0.3 is 5.69 Å². The Morgan fingerprint density at radius 2 is 2.00 bits per heavy atom. The highest BCUT2D eigenvalue weighted by molar-refractivity contribution is 5.69. The van der Waals surface area contributed by atoms with E-state index in [1.54, 1.807) is 0 Å². The van der Waals surface area contributed by atoms with Crippen LogP contribution in [0.15, 0.2) is 9.59 Å². The number of aromatic nitrogens is 4. The first-order valence-electron chi connectivity index (χ1n) is 3.39. The molecule has 0 aliphatic carbocycles. The molecule has 0 saturated heterocycles. The number of rotatable bonds is 0. The molecule has 0 bridgehead atoms. The Hall–Kier alpha value is -2.29. The summed E-state index contributed by atoms with van der Waals surface area (Å²) in [4.78, 5) is 32.6. The first-order valence-corrected chi connectivity index (χ1v) is 3.39. The smallest absolute Gasteiger partial charge is 0.325 e. The highest BCUT2D eigenvalue weighted by atomic mass is 16.2. The quantitative estimate of drug-likeness (QED) is 0.445. The number of imidazole rings is 1. The highest BCUT2D eigenvalue weighted by Gasteiger charge is 2.04. The standard InChI is InChI=1S/C7H4N4O2/c1-2-3-8-4-5(9-3)10-7(13)11-6(4)12/h1H,(H3,8,9,10,11,12,13). The Kier molecular flexibility index (Phi) is 1.33. The molecule has 0 aliphatic rings. The molecule has 2 aromatic rings. The van der Waals surface area contributed by atoms with Gasteiger partial charge in [-0.1, -0.05) is 0 Å². The van der Waals surface area contributed by atoms with Crippen LogP contribution in [0.3, 0.4) is 0 Å². The molecule has 3 N–H and O–H groups in total. The van der Waals surface area contributed by atoms with E-state index in [-0.39, 0.29) is 17.0 Å². The summed E-state index contributed by atoms with van der Waals surface area (Å²) in [6.45, 7) is 0. The second-order valence-electron chi connectivity index (χ2n) is 2.36. The maximum absolute atomic E-state index is 11.1. The van der Waals surface area contributed by atoms with Crippen molar-refractivity contribution in [2.45, 2.75) is 0 Å². The molecule has 0 fully saturated rings. The topological polar surface area (TPSA) is 94.4 Å². The van der Waals surface area contributed by atoms with Crippen molar-refractivity contribution >= 4 is 11.2 Å². The van der Waals surface area contributed by atoms with Crippen molar-refractivity contribution in [3.8, 4) is 12.3 Å². The average Bonchev–Trinajstić information content (AvgIpc) is 2.47. The van der Waals surface area contributed by atoms with E-state index in [4.69, 9.17) is 6.42 Å². The molecular weight excluding hydrogens is 172 g/mol. The second-order valence-corrected chi connectivity index (χ2v) is 2.36. The van der Waals surface area contributed by atoms with Gasteiger partial charge in [0.25, 0.3) is 5.56 Å². The van der Waals surface area contributed by atoms with Gasteiger partial charge in [0, 0.05) is 0 Å². The molecule has 0 saturated carbocycles. The molecule has 0 unspecified atom stereocenters. The molecule has 0 amide bonds. The van der Waals surface area contributed by atoms with Gasteiger partial charge in [0.1, 0.15) is 5.52 Å². The SMILES string of the molecule is C#Cc1nc2[nH]c(=O)[nH]c(=O)c2[nH]1. The van der Waals surface area contributed by atoms with Crippen molar-refractivity contribution in [1.82, 2.24) is 19.9 Å². The summed E-state index contributed by atoms with van der Waals surface area (Å²) in [5.74, 6) is 2.43. The lowest BCUT2D eigenvalue weighted by molar-refractivity contribution is 1.07. The Bertz CT molecular complexity index is 610. The third kappa shape index (κ3) is 1.03. The van der Waals surface area contributed by atoms with E-state index in [1.165, 1.54) is 0 Å². The minimum atomic E-state index is -0.604. The number of terminal acetylenes is 1. The number of nitrogens with one attached hydrogen (secondary N) is 3. The van der Waals surface area contributed by atoms with Crippen LogP contribution < -0.4 is 11.2 Å². The highest BCUT2D eigenvalue weighted by Crippen LogP contribution is 1.98. The van der Waals surface area contributed by atoms with Crippen LogP contribution in [0.1, 0.15) is 5.82 Å². The normalized spacial score (nSPS) is 10.1. The molecule has 6 nitrogen and oxygen atoms in total. The molecule has 0 aromatic carbocycles. The van der Waals surface area contributed by atoms with Gasteiger partial charge in [-0.3, -0.25) is 14.8 Å².